The van der Waals surface area contributed by atoms with Gasteiger partial charge in [-0.15, -0.1) is 0 Å². The van der Waals surface area contributed by atoms with Gasteiger partial charge in [0.2, 0.25) is 0 Å². The van der Waals surface area contributed by atoms with Gasteiger partial charge < -0.3 is 0 Å². The summed E-state index contributed by atoms with van der Waals surface area (Å²) in [7, 11) is 0. The summed E-state index contributed by atoms with van der Waals surface area (Å²) in [6, 6.07) is 0. The van der Waals surface area contributed by atoms with E-state index in [1.807, 2.05) is 0 Å². The molecule has 0 heterocycles. The summed E-state index contributed by atoms with van der Waals surface area (Å²) >= 11 is 0. The molecule has 0 saturated carbocycles. The van der Waals surface area contributed by atoms with Crippen LogP contribution in [-0.4, -0.2) is 0 Å². The molecule has 0 saturated heterocycles. The second-order valence-corrected chi connectivity index (χ2v) is 4.51. The molecular weight excluding hydrogens is 180 g/mol. The molecule has 0 aromatic rings. The monoisotopic (exact) mass is 198 g/mol. The maximum absolute atomic E-state index is 2.30. The minimum absolute atomic E-state index is 1.09. The first-order valence-electron chi connectivity index (χ1n) is 5.58. The lowest BCUT2D eigenvalue weighted by Gasteiger charge is -2.16. The first kappa shape index (κ1) is 10.2. The van der Waals surface area contributed by atoms with Gasteiger partial charge >= 0.3 is 0 Å². The van der Waals surface area contributed by atoms with E-state index in [2.05, 4.69) is 51.2 Å². The highest BCUT2D eigenvalue weighted by Crippen LogP contribution is 2.28. The van der Waals surface area contributed by atoms with Gasteiger partial charge in [0.25, 0.3) is 0 Å². The van der Waals surface area contributed by atoms with Crippen LogP contribution in [0.3, 0.4) is 0 Å². The third kappa shape index (κ3) is 2.20. The SMILES string of the molecule is CC1=CC/C(=C2/C=CC(C)=C(C)C2)C=C1. The Morgan fingerprint density at radius 3 is 2.20 bits per heavy atom. The van der Waals surface area contributed by atoms with Gasteiger partial charge in [-0.3, -0.25) is 0 Å². The van der Waals surface area contributed by atoms with E-state index in [1.54, 1.807) is 0 Å². The molecule has 0 aromatic heterocycles. The van der Waals surface area contributed by atoms with Crippen LogP contribution in [0.25, 0.3) is 0 Å². The number of hydrogen-bond donors (Lipinski definition) is 0. The van der Waals surface area contributed by atoms with Crippen LogP contribution in [0.2, 0.25) is 0 Å². The average molecular weight is 198 g/mol. The van der Waals surface area contributed by atoms with Crippen molar-refractivity contribution < 1.29 is 0 Å². The highest BCUT2D eigenvalue weighted by molar-refractivity contribution is 5.47. The van der Waals surface area contributed by atoms with Crippen LogP contribution in [0.5, 0.6) is 0 Å². The summed E-state index contributed by atoms with van der Waals surface area (Å²) < 4.78 is 0. The largest absolute Gasteiger partial charge is 0.0772 e. The van der Waals surface area contributed by atoms with Gasteiger partial charge in [-0.05, 0) is 44.8 Å². The van der Waals surface area contributed by atoms with Gasteiger partial charge in [0.1, 0.15) is 0 Å². The molecular formula is C15H18. The van der Waals surface area contributed by atoms with E-state index in [0.717, 1.165) is 12.8 Å². The molecule has 2 aliphatic carbocycles. The molecule has 78 valence electrons. The third-order valence-corrected chi connectivity index (χ3v) is 3.27. The average Bonchev–Trinajstić information content (AvgIpc) is 2.23. The first-order valence-corrected chi connectivity index (χ1v) is 5.58. The van der Waals surface area contributed by atoms with Crippen LogP contribution in [0, 0.1) is 0 Å². The van der Waals surface area contributed by atoms with Gasteiger partial charge in [0.05, 0.1) is 0 Å². The van der Waals surface area contributed by atoms with Gasteiger partial charge in [-0.2, -0.15) is 0 Å². The Bertz CT molecular complexity index is 423. The van der Waals surface area contributed by atoms with Crippen LogP contribution >= 0.6 is 0 Å². The molecule has 0 radical (unpaired) electrons. The van der Waals surface area contributed by atoms with E-state index in [1.165, 1.54) is 27.9 Å². The summed E-state index contributed by atoms with van der Waals surface area (Å²) in [6.45, 7) is 6.57. The molecule has 0 amide bonds. The highest BCUT2D eigenvalue weighted by Gasteiger charge is 2.09. The van der Waals surface area contributed by atoms with E-state index in [-0.39, 0.29) is 0 Å². The molecule has 0 nitrogen and oxygen atoms in total. The summed E-state index contributed by atoms with van der Waals surface area (Å²) in [5, 5.41) is 0. The molecule has 2 aliphatic rings. The normalized spacial score (nSPS) is 25.9. The minimum atomic E-state index is 1.09. The highest BCUT2D eigenvalue weighted by atomic mass is 14.1. The Labute approximate surface area is 92.4 Å². The van der Waals surface area contributed by atoms with Gasteiger partial charge in [-0.1, -0.05) is 47.1 Å². The third-order valence-electron chi connectivity index (χ3n) is 3.27. The Morgan fingerprint density at radius 1 is 0.867 bits per heavy atom. The molecule has 0 atom stereocenters. The number of rotatable bonds is 0. The molecule has 0 heteroatoms. The molecule has 0 N–H and O–H groups in total. The lowest BCUT2D eigenvalue weighted by Crippen LogP contribution is -1.97. The van der Waals surface area contributed by atoms with Crippen LogP contribution < -0.4 is 0 Å². The van der Waals surface area contributed by atoms with E-state index in [4.69, 9.17) is 0 Å². The second kappa shape index (κ2) is 4.06. The van der Waals surface area contributed by atoms with Crippen molar-refractivity contribution in [2.45, 2.75) is 33.6 Å². The molecule has 0 aliphatic heterocycles. The molecule has 0 spiro atoms. The van der Waals surface area contributed by atoms with E-state index >= 15 is 0 Å². The molecule has 0 bridgehead atoms. The van der Waals surface area contributed by atoms with Crippen molar-refractivity contribution in [3.63, 3.8) is 0 Å². The topological polar surface area (TPSA) is 0 Å². The molecule has 15 heavy (non-hydrogen) atoms. The van der Waals surface area contributed by atoms with Crippen molar-refractivity contribution in [1.29, 1.82) is 0 Å². The predicted octanol–water partition coefficient (Wildman–Crippen LogP) is 4.49. The van der Waals surface area contributed by atoms with Gasteiger partial charge in [0, 0.05) is 0 Å². The lowest BCUT2D eigenvalue weighted by atomic mass is 9.89. The van der Waals surface area contributed by atoms with Gasteiger partial charge in [-0.25, -0.2) is 0 Å². The summed E-state index contributed by atoms with van der Waals surface area (Å²) in [4.78, 5) is 0. The summed E-state index contributed by atoms with van der Waals surface area (Å²) in [5.41, 5.74) is 7.26. The zero-order valence-electron chi connectivity index (χ0n) is 9.80. The Hall–Kier alpha value is -1.30. The minimum Gasteiger partial charge on any atom is -0.0772 e. The number of allylic oxidation sites excluding steroid dienone is 10. The van der Waals surface area contributed by atoms with Gasteiger partial charge in [0.15, 0.2) is 0 Å². The maximum Gasteiger partial charge on any atom is -0.00613 e. The fourth-order valence-electron chi connectivity index (χ4n) is 1.95. The molecule has 2 rings (SSSR count). The van der Waals surface area contributed by atoms with Crippen LogP contribution in [0.4, 0.5) is 0 Å². The fraction of sp³-hybridized carbons (Fsp3) is 0.333. The Morgan fingerprint density at radius 2 is 1.60 bits per heavy atom. The zero-order valence-corrected chi connectivity index (χ0v) is 9.80. The van der Waals surface area contributed by atoms with Crippen LogP contribution in [0.1, 0.15) is 33.6 Å². The zero-order chi connectivity index (χ0) is 10.8. The maximum atomic E-state index is 2.30. The lowest BCUT2D eigenvalue weighted by molar-refractivity contribution is 1.05. The van der Waals surface area contributed by atoms with E-state index in [0.29, 0.717) is 0 Å². The fourth-order valence-corrected chi connectivity index (χ4v) is 1.95. The standard InChI is InChI=1S/C15H18/c1-11-4-7-14(8-5-11)15-9-6-12(2)13(3)10-15/h4-7,9H,8,10H2,1-3H3/b15-14-. The van der Waals surface area contributed by atoms with Crippen molar-refractivity contribution in [3.8, 4) is 0 Å². The Kier molecular flexibility index (Phi) is 2.77. The quantitative estimate of drug-likeness (QED) is 0.538. The van der Waals surface area contributed by atoms with E-state index < -0.39 is 0 Å². The summed E-state index contributed by atoms with van der Waals surface area (Å²) in [6.07, 6.45) is 13.5. The second-order valence-electron chi connectivity index (χ2n) is 4.51. The van der Waals surface area contributed by atoms with Crippen LogP contribution in [0.15, 0.2) is 58.2 Å². The Balaban J connectivity index is 2.25. The molecule has 0 fully saturated rings. The van der Waals surface area contributed by atoms with Crippen molar-refractivity contribution >= 4 is 0 Å². The predicted molar refractivity (Wildman–Crippen MR) is 66.7 cm³/mol. The summed E-state index contributed by atoms with van der Waals surface area (Å²) in [5.74, 6) is 0. The van der Waals surface area contributed by atoms with Crippen LogP contribution in [-0.2, 0) is 0 Å². The molecule has 0 aromatic carbocycles. The van der Waals surface area contributed by atoms with Crippen molar-refractivity contribution in [1.82, 2.24) is 0 Å². The van der Waals surface area contributed by atoms with Crippen molar-refractivity contribution in [3.05, 3.63) is 58.2 Å². The van der Waals surface area contributed by atoms with Crippen molar-refractivity contribution in [2.75, 3.05) is 0 Å². The first-order chi connectivity index (χ1) is 7.16. The smallest absolute Gasteiger partial charge is 0.00613 e. The number of hydrogen-bond acceptors (Lipinski definition) is 0. The molecule has 0 unspecified atom stereocenters. The van der Waals surface area contributed by atoms with Crippen molar-refractivity contribution in [2.24, 2.45) is 0 Å². The van der Waals surface area contributed by atoms with E-state index in [9.17, 15) is 0 Å².